The maximum Gasteiger partial charge on any atom is 0.237 e. The Hall–Kier alpha value is -0.660. The molecule has 0 rings (SSSR count). The number of carbonyl (C=O) groups excluding carboxylic acids is 1. The first-order valence-corrected chi connectivity index (χ1v) is 7.36. The molecule has 0 aromatic carbocycles. The van der Waals surface area contributed by atoms with Gasteiger partial charge < -0.3 is 10.6 Å². The Balaban J connectivity index is 3.71. The maximum atomic E-state index is 11.8. The van der Waals surface area contributed by atoms with E-state index in [1.54, 1.807) is 11.8 Å². The van der Waals surface area contributed by atoms with E-state index < -0.39 is 0 Å². The number of terminal acetylenes is 1. The topological polar surface area (TPSA) is 41.1 Å². The molecule has 0 aromatic heterocycles. The summed E-state index contributed by atoms with van der Waals surface area (Å²) in [6.45, 7) is 6.87. The number of thioether (sulfide) groups is 1. The van der Waals surface area contributed by atoms with Gasteiger partial charge in [-0.25, -0.2) is 0 Å². The second kappa shape index (κ2) is 10.5. The van der Waals surface area contributed by atoms with Gasteiger partial charge in [0.2, 0.25) is 5.91 Å². The molecule has 0 radical (unpaired) electrons. The van der Waals surface area contributed by atoms with Gasteiger partial charge in [-0.1, -0.05) is 19.8 Å². The Kier molecular flexibility index (Phi) is 10.1. The summed E-state index contributed by atoms with van der Waals surface area (Å²) >= 11 is 1.70. The van der Waals surface area contributed by atoms with Gasteiger partial charge in [0, 0.05) is 18.3 Å². The van der Waals surface area contributed by atoms with Gasteiger partial charge in [0.05, 0.1) is 11.8 Å². The van der Waals surface area contributed by atoms with Gasteiger partial charge >= 0.3 is 0 Å². The van der Waals surface area contributed by atoms with Crippen molar-refractivity contribution in [1.29, 1.82) is 0 Å². The molecule has 0 fully saturated rings. The van der Waals surface area contributed by atoms with E-state index in [1.165, 1.54) is 0 Å². The molecule has 0 saturated carbocycles. The van der Waals surface area contributed by atoms with Crippen LogP contribution in [0.25, 0.3) is 0 Å². The average molecular weight is 256 g/mol. The van der Waals surface area contributed by atoms with Gasteiger partial charge in [0.25, 0.3) is 0 Å². The molecule has 0 aromatic rings. The van der Waals surface area contributed by atoms with Crippen LogP contribution in [0.3, 0.4) is 0 Å². The van der Waals surface area contributed by atoms with Crippen molar-refractivity contribution in [3.05, 3.63) is 0 Å². The summed E-state index contributed by atoms with van der Waals surface area (Å²) < 4.78 is 0. The van der Waals surface area contributed by atoms with Crippen molar-refractivity contribution in [3.63, 3.8) is 0 Å². The molecule has 2 N–H and O–H groups in total. The van der Waals surface area contributed by atoms with E-state index in [-0.39, 0.29) is 11.9 Å². The average Bonchev–Trinajstić information content (AvgIpc) is 2.35. The Labute approximate surface area is 110 Å². The number of nitrogens with one attached hydrogen (secondary N) is 2. The first-order valence-electron chi connectivity index (χ1n) is 6.20. The zero-order valence-corrected chi connectivity index (χ0v) is 11.9. The lowest BCUT2D eigenvalue weighted by Crippen LogP contribution is -2.46. The summed E-state index contributed by atoms with van der Waals surface area (Å²) in [7, 11) is 0. The van der Waals surface area contributed by atoms with E-state index in [0.29, 0.717) is 6.04 Å². The molecule has 1 amide bonds. The van der Waals surface area contributed by atoms with Crippen molar-refractivity contribution in [3.8, 4) is 12.3 Å². The Morgan fingerprint density at radius 1 is 1.41 bits per heavy atom. The van der Waals surface area contributed by atoms with Crippen LogP contribution in [0, 0.1) is 12.3 Å². The van der Waals surface area contributed by atoms with Gasteiger partial charge in [0.1, 0.15) is 0 Å². The first-order chi connectivity index (χ1) is 8.15. The molecule has 0 saturated heterocycles. The lowest BCUT2D eigenvalue weighted by atomic mass is 10.1. The van der Waals surface area contributed by atoms with Crippen LogP contribution in [0.2, 0.25) is 0 Å². The van der Waals surface area contributed by atoms with Crippen LogP contribution in [0.5, 0.6) is 0 Å². The molecule has 1 unspecified atom stereocenters. The molecule has 0 aliphatic rings. The third kappa shape index (κ3) is 8.12. The molecule has 4 heteroatoms. The lowest BCUT2D eigenvalue weighted by molar-refractivity contribution is -0.123. The molecule has 98 valence electrons. The third-order valence-electron chi connectivity index (χ3n) is 2.61. The molecule has 0 bridgehead atoms. The highest BCUT2D eigenvalue weighted by atomic mass is 32.2. The monoisotopic (exact) mass is 256 g/mol. The SMILES string of the molecule is C#CCSCCNC(C)C(=O)NC(CC)CC. The van der Waals surface area contributed by atoms with Crippen molar-refractivity contribution in [2.75, 3.05) is 18.1 Å². The molecular weight excluding hydrogens is 232 g/mol. The Morgan fingerprint density at radius 2 is 2.06 bits per heavy atom. The standard InChI is InChI=1S/C13H24N2OS/c1-5-9-17-10-8-14-11(4)13(16)15-12(6-2)7-3/h1,11-12,14H,6-10H2,2-4H3,(H,15,16). The van der Waals surface area contributed by atoms with Crippen LogP contribution in [0.4, 0.5) is 0 Å². The fraction of sp³-hybridized carbons (Fsp3) is 0.769. The number of hydrogen-bond acceptors (Lipinski definition) is 3. The van der Waals surface area contributed by atoms with Crippen LogP contribution in [-0.4, -0.2) is 36.0 Å². The fourth-order valence-electron chi connectivity index (χ4n) is 1.39. The molecule has 1 atom stereocenters. The zero-order chi connectivity index (χ0) is 13.1. The number of carbonyl (C=O) groups is 1. The van der Waals surface area contributed by atoms with E-state index in [9.17, 15) is 4.79 Å². The first kappa shape index (κ1) is 16.3. The third-order valence-corrected chi connectivity index (χ3v) is 3.47. The predicted molar refractivity (Wildman–Crippen MR) is 76.1 cm³/mol. The quantitative estimate of drug-likeness (QED) is 0.487. The maximum absolute atomic E-state index is 11.8. The normalized spacial score (nSPS) is 12.2. The second-order valence-corrected chi connectivity index (χ2v) is 5.06. The van der Waals surface area contributed by atoms with Crippen LogP contribution >= 0.6 is 11.8 Å². The number of amides is 1. The summed E-state index contributed by atoms with van der Waals surface area (Å²) in [4.78, 5) is 11.8. The van der Waals surface area contributed by atoms with E-state index in [2.05, 4.69) is 30.4 Å². The van der Waals surface area contributed by atoms with Crippen molar-refractivity contribution >= 4 is 17.7 Å². The van der Waals surface area contributed by atoms with Crippen LogP contribution in [0.1, 0.15) is 33.6 Å². The smallest absolute Gasteiger partial charge is 0.237 e. The molecule has 0 heterocycles. The Morgan fingerprint density at radius 3 is 2.59 bits per heavy atom. The predicted octanol–water partition coefficient (Wildman–Crippen LogP) is 1.64. The minimum Gasteiger partial charge on any atom is -0.352 e. The largest absolute Gasteiger partial charge is 0.352 e. The highest BCUT2D eigenvalue weighted by Gasteiger charge is 2.14. The summed E-state index contributed by atoms with van der Waals surface area (Å²) in [5, 5.41) is 6.22. The van der Waals surface area contributed by atoms with E-state index in [1.807, 2.05) is 6.92 Å². The Bertz CT molecular complexity index is 246. The minimum atomic E-state index is -0.137. The molecular formula is C13H24N2OS. The molecule has 0 spiro atoms. The molecule has 0 aliphatic carbocycles. The van der Waals surface area contributed by atoms with Crippen molar-refractivity contribution in [1.82, 2.24) is 10.6 Å². The summed E-state index contributed by atoms with van der Waals surface area (Å²) in [6.07, 6.45) is 7.11. The van der Waals surface area contributed by atoms with E-state index in [0.717, 1.165) is 30.9 Å². The van der Waals surface area contributed by atoms with Crippen molar-refractivity contribution in [2.24, 2.45) is 0 Å². The van der Waals surface area contributed by atoms with Crippen LogP contribution < -0.4 is 10.6 Å². The summed E-state index contributed by atoms with van der Waals surface area (Å²) in [5.74, 6) is 4.33. The van der Waals surface area contributed by atoms with E-state index in [4.69, 9.17) is 6.42 Å². The number of hydrogen-bond donors (Lipinski definition) is 2. The molecule has 3 nitrogen and oxygen atoms in total. The zero-order valence-electron chi connectivity index (χ0n) is 11.1. The summed E-state index contributed by atoms with van der Waals surface area (Å²) in [6, 6.07) is 0.157. The van der Waals surface area contributed by atoms with Crippen LogP contribution in [0.15, 0.2) is 0 Å². The highest BCUT2D eigenvalue weighted by Crippen LogP contribution is 1.98. The van der Waals surface area contributed by atoms with Gasteiger partial charge in [0.15, 0.2) is 0 Å². The fourth-order valence-corrected chi connectivity index (χ4v) is 1.91. The minimum absolute atomic E-state index is 0.0839. The van der Waals surface area contributed by atoms with Gasteiger partial charge in [-0.2, -0.15) is 0 Å². The lowest BCUT2D eigenvalue weighted by Gasteiger charge is -2.19. The van der Waals surface area contributed by atoms with E-state index >= 15 is 0 Å². The molecule has 0 aliphatic heterocycles. The van der Waals surface area contributed by atoms with Gasteiger partial charge in [-0.05, 0) is 19.8 Å². The van der Waals surface area contributed by atoms with Gasteiger partial charge in [-0.3, -0.25) is 4.79 Å². The second-order valence-electron chi connectivity index (χ2n) is 3.95. The van der Waals surface area contributed by atoms with Crippen molar-refractivity contribution in [2.45, 2.75) is 45.7 Å². The van der Waals surface area contributed by atoms with Crippen molar-refractivity contribution < 1.29 is 4.79 Å². The van der Waals surface area contributed by atoms with Crippen LogP contribution in [-0.2, 0) is 4.79 Å². The number of rotatable bonds is 9. The summed E-state index contributed by atoms with van der Waals surface area (Å²) in [5.41, 5.74) is 0. The van der Waals surface area contributed by atoms with Gasteiger partial charge in [-0.15, -0.1) is 18.2 Å². The highest BCUT2D eigenvalue weighted by molar-refractivity contribution is 7.99. The molecule has 17 heavy (non-hydrogen) atoms.